The molecule has 0 heterocycles. The molecule has 0 spiro atoms. The molecular formula is C12H16ClN. The molecular weight excluding hydrogens is 194 g/mol. The van der Waals surface area contributed by atoms with Gasteiger partial charge in [-0.15, -0.1) is 0 Å². The minimum absolute atomic E-state index is 0.140. The van der Waals surface area contributed by atoms with E-state index in [1.54, 1.807) is 0 Å². The maximum absolute atomic E-state index is 6.13. The van der Waals surface area contributed by atoms with Crippen molar-refractivity contribution in [3.8, 4) is 0 Å². The molecule has 1 fully saturated rings. The van der Waals surface area contributed by atoms with Crippen LogP contribution in [-0.2, 0) is 0 Å². The molecule has 1 aromatic rings. The summed E-state index contributed by atoms with van der Waals surface area (Å²) in [6.07, 6.45) is 3.72. The number of benzene rings is 1. The molecule has 2 rings (SSSR count). The van der Waals surface area contributed by atoms with Gasteiger partial charge in [0.15, 0.2) is 0 Å². The molecule has 1 atom stereocenters. The van der Waals surface area contributed by atoms with Crippen LogP contribution >= 0.6 is 11.6 Å². The van der Waals surface area contributed by atoms with Crippen molar-refractivity contribution in [1.82, 2.24) is 0 Å². The lowest BCUT2D eigenvalue weighted by Gasteiger charge is -2.16. The van der Waals surface area contributed by atoms with Crippen molar-refractivity contribution in [2.24, 2.45) is 11.1 Å². The Labute approximate surface area is 90.3 Å². The summed E-state index contributed by atoms with van der Waals surface area (Å²) in [7, 11) is 0. The van der Waals surface area contributed by atoms with Crippen molar-refractivity contribution in [2.45, 2.75) is 32.2 Å². The first-order valence-corrected chi connectivity index (χ1v) is 5.48. The molecule has 2 heteroatoms. The maximum Gasteiger partial charge on any atom is 0.0409 e. The third kappa shape index (κ3) is 2.28. The van der Waals surface area contributed by atoms with Crippen LogP contribution in [0, 0.1) is 5.41 Å². The van der Waals surface area contributed by atoms with Crippen LogP contribution in [-0.4, -0.2) is 0 Å². The largest absolute Gasteiger partial charge is 0.324 e. The third-order valence-corrected chi connectivity index (χ3v) is 3.33. The first kappa shape index (κ1) is 10.0. The second kappa shape index (κ2) is 3.56. The van der Waals surface area contributed by atoms with Gasteiger partial charge in [0.2, 0.25) is 0 Å². The van der Waals surface area contributed by atoms with Crippen LogP contribution in [0.1, 0.15) is 37.8 Å². The van der Waals surface area contributed by atoms with Gasteiger partial charge in [-0.2, -0.15) is 0 Å². The lowest BCUT2D eigenvalue weighted by Crippen LogP contribution is -2.14. The summed E-state index contributed by atoms with van der Waals surface area (Å²) in [6.45, 7) is 2.30. The molecule has 1 saturated carbocycles. The summed E-state index contributed by atoms with van der Waals surface area (Å²) < 4.78 is 0. The number of halogens is 1. The summed E-state index contributed by atoms with van der Waals surface area (Å²) in [4.78, 5) is 0. The Morgan fingerprint density at radius 3 is 2.79 bits per heavy atom. The molecule has 2 N–H and O–H groups in total. The van der Waals surface area contributed by atoms with Crippen molar-refractivity contribution in [2.75, 3.05) is 0 Å². The van der Waals surface area contributed by atoms with Gasteiger partial charge in [0, 0.05) is 11.1 Å². The van der Waals surface area contributed by atoms with Crippen LogP contribution in [0.4, 0.5) is 0 Å². The van der Waals surface area contributed by atoms with Crippen LogP contribution in [0.2, 0.25) is 5.02 Å². The first-order valence-electron chi connectivity index (χ1n) is 5.10. The zero-order chi connectivity index (χ0) is 10.2. The molecule has 0 radical (unpaired) electrons. The highest BCUT2D eigenvalue weighted by molar-refractivity contribution is 6.30. The molecule has 0 aromatic heterocycles. The van der Waals surface area contributed by atoms with E-state index >= 15 is 0 Å². The van der Waals surface area contributed by atoms with E-state index in [2.05, 4.69) is 13.0 Å². The maximum atomic E-state index is 6.13. The quantitative estimate of drug-likeness (QED) is 0.810. The molecule has 1 nitrogen and oxygen atoms in total. The summed E-state index contributed by atoms with van der Waals surface area (Å²) >= 11 is 5.92. The standard InChI is InChI=1S/C12H16ClN/c1-12(5-6-12)8-11(14)9-3-2-4-10(13)7-9/h2-4,7,11H,5-6,8,14H2,1H3. The Morgan fingerprint density at radius 2 is 2.21 bits per heavy atom. The van der Waals surface area contributed by atoms with E-state index < -0.39 is 0 Å². The minimum atomic E-state index is 0.140. The van der Waals surface area contributed by atoms with E-state index in [0.717, 1.165) is 17.0 Å². The SMILES string of the molecule is CC1(CC(N)c2cccc(Cl)c2)CC1. The molecule has 14 heavy (non-hydrogen) atoms. The molecule has 0 saturated heterocycles. The van der Waals surface area contributed by atoms with Gasteiger partial charge in [0.25, 0.3) is 0 Å². The van der Waals surface area contributed by atoms with E-state index in [1.165, 1.54) is 12.8 Å². The van der Waals surface area contributed by atoms with Crippen LogP contribution in [0.3, 0.4) is 0 Å². The fourth-order valence-corrected chi connectivity index (χ4v) is 2.00. The highest BCUT2D eigenvalue weighted by atomic mass is 35.5. The number of hydrogen-bond donors (Lipinski definition) is 1. The smallest absolute Gasteiger partial charge is 0.0409 e. The summed E-state index contributed by atoms with van der Waals surface area (Å²) in [5.74, 6) is 0. The molecule has 76 valence electrons. The molecule has 0 amide bonds. The molecule has 1 aliphatic rings. The van der Waals surface area contributed by atoms with Gasteiger partial charge in [-0.1, -0.05) is 30.7 Å². The van der Waals surface area contributed by atoms with Gasteiger partial charge in [-0.25, -0.2) is 0 Å². The van der Waals surface area contributed by atoms with Crippen LogP contribution in [0.5, 0.6) is 0 Å². The monoisotopic (exact) mass is 209 g/mol. The van der Waals surface area contributed by atoms with Crippen molar-refractivity contribution in [3.63, 3.8) is 0 Å². The Kier molecular flexibility index (Phi) is 2.54. The number of nitrogens with two attached hydrogens (primary N) is 1. The topological polar surface area (TPSA) is 26.0 Å². The van der Waals surface area contributed by atoms with Gasteiger partial charge >= 0.3 is 0 Å². The Morgan fingerprint density at radius 1 is 1.50 bits per heavy atom. The first-order chi connectivity index (χ1) is 6.59. The Bertz CT molecular complexity index is 331. The van der Waals surface area contributed by atoms with Crippen molar-refractivity contribution in [3.05, 3.63) is 34.9 Å². The van der Waals surface area contributed by atoms with Crippen molar-refractivity contribution < 1.29 is 0 Å². The Hall–Kier alpha value is -0.530. The summed E-state index contributed by atoms with van der Waals surface area (Å²) in [5, 5.41) is 0.777. The van der Waals surface area contributed by atoms with Crippen LogP contribution in [0.15, 0.2) is 24.3 Å². The normalized spacial score (nSPS) is 20.5. The molecule has 1 unspecified atom stereocenters. The molecule has 1 aliphatic carbocycles. The zero-order valence-electron chi connectivity index (χ0n) is 8.46. The molecule has 0 bridgehead atoms. The average Bonchev–Trinajstić information content (AvgIpc) is 2.83. The van der Waals surface area contributed by atoms with E-state index in [9.17, 15) is 0 Å². The van der Waals surface area contributed by atoms with E-state index in [-0.39, 0.29) is 6.04 Å². The van der Waals surface area contributed by atoms with Gasteiger partial charge in [0.05, 0.1) is 0 Å². The second-order valence-corrected chi connectivity index (χ2v) is 5.11. The highest BCUT2D eigenvalue weighted by Gasteiger charge is 2.38. The summed E-state index contributed by atoms with van der Waals surface area (Å²) in [6, 6.07) is 8.02. The van der Waals surface area contributed by atoms with Gasteiger partial charge < -0.3 is 5.73 Å². The minimum Gasteiger partial charge on any atom is -0.324 e. The lowest BCUT2D eigenvalue weighted by molar-refractivity contribution is 0.457. The molecule has 0 aliphatic heterocycles. The number of hydrogen-bond acceptors (Lipinski definition) is 1. The van der Waals surface area contributed by atoms with E-state index in [1.807, 2.05) is 18.2 Å². The Balaban J connectivity index is 2.06. The van der Waals surface area contributed by atoms with Crippen LogP contribution < -0.4 is 5.73 Å². The predicted molar refractivity (Wildman–Crippen MR) is 60.3 cm³/mol. The lowest BCUT2D eigenvalue weighted by atomic mass is 9.95. The third-order valence-electron chi connectivity index (χ3n) is 3.09. The second-order valence-electron chi connectivity index (χ2n) is 4.68. The van der Waals surface area contributed by atoms with Crippen molar-refractivity contribution in [1.29, 1.82) is 0 Å². The number of rotatable bonds is 3. The molecule has 1 aromatic carbocycles. The van der Waals surface area contributed by atoms with Crippen molar-refractivity contribution >= 4 is 11.6 Å². The van der Waals surface area contributed by atoms with E-state index in [4.69, 9.17) is 17.3 Å². The fraction of sp³-hybridized carbons (Fsp3) is 0.500. The zero-order valence-corrected chi connectivity index (χ0v) is 9.22. The van der Waals surface area contributed by atoms with Crippen LogP contribution in [0.25, 0.3) is 0 Å². The van der Waals surface area contributed by atoms with Gasteiger partial charge in [-0.3, -0.25) is 0 Å². The summed E-state index contributed by atoms with van der Waals surface area (Å²) in [5.41, 5.74) is 7.79. The van der Waals surface area contributed by atoms with E-state index in [0.29, 0.717) is 5.41 Å². The highest BCUT2D eigenvalue weighted by Crippen LogP contribution is 2.50. The predicted octanol–water partition coefficient (Wildman–Crippen LogP) is 3.53. The van der Waals surface area contributed by atoms with Gasteiger partial charge in [0.1, 0.15) is 0 Å². The fourth-order valence-electron chi connectivity index (χ4n) is 1.80. The average molecular weight is 210 g/mol. The van der Waals surface area contributed by atoms with Gasteiger partial charge in [-0.05, 0) is 42.4 Å².